The number of aromatic nitrogens is 2. The maximum atomic E-state index is 14.0. The maximum absolute atomic E-state index is 14.0. The molecule has 2 aromatic carbocycles. The highest BCUT2D eigenvalue weighted by Crippen LogP contribution is 2.37. The number of hydrogen-bond donors (Lipinski definition) is 3. The van der Waals surface area contributed by atoms with Gasteiger partial charge >= 0.3 is 0 Å². The largest absolute Gasteiger partial charge is 0.391 e. The van der Waals surface area contributed by atoms with Crippen LogP contribution in [0.2, 0.25) is 0 Å². The van der Waals surface area contributed by atoms with Crippen LogP contribution in [0.4, 0.5) is 0 Å². The predicted octanol–water partition coefficient (Wildman–Crippen LogP) is 6.03. The van der Waals surface area contributed by atoms with E-state index in [2.05, 4.69) is 44.9 Å². The Hall–Kier alpha value is -4.86. The molecule has 2 aromatic heterocycles. The number of carbonyl (C=O) groups excluding carboxylic acids is 4. The van der Waals surface area contributed by atoms with Gasteiger partial charge < -0.3 is 34.9 Å². The lowest BCUT2D eigenvalue weighted by Crippen LogP contribution is -2.50. The van der Waals surface area contributed by atoms with Crippen LogP contribution in [0.5, 0.6) is 0 Å². The molecule has 0 saturated carbocycles. The number of β-amino-alcohol motifs (C(OH)–C–C–N with tert-alkyl or cyclic N) is 1. The van der Waals surface area contributed by atoms with Crippen LogP contribution in [0.15, 0.2) is 66.4 Å². The van der Waals surface area contributed by atoms with Crippen molar-refractivity contribution in [3.05, 3.63) is 94.4 Å². The van der Waals surface area contributed by atoms with Gasteiger partial charge in [0, 0.05) is 62.6 Å². The summed E-state index contributed by atoms with van der Waals surface area (Å²) in [5.41, 5.74) is 10.3. The van der Waals surface area contributed by atoms with E-state index in [0.717, 1.165) is 33.7 Å². The normalized spacial score (nSPS) is 16.7. The summed E-state index contributed by atoms with van der Waals surface area (Å²) >= 11 is 1.58. The van der Waals surface area contributed by atoms with Crippen LogP contribution >= 0.6 is 11.3 Å². The second-order valence-corrected chi connectivity index (χ2v) is 18.2. The van der Waals surface area contributed by atoms with Crippen molar-refractivity contribution in [2.24, 2.45) is 11.3 Å². The Morgan fingerprint density at radius 3 is 2.35 bits per heavy atom. The minimum Gasteiger partial charge on any atom is -0.391 e. The minimum atomic E-state index is -0.844. The minimum absolute atomic E-state index is 0.00539. The Morgan fingerprint density at radius 1 is 0.919 bits per heavy atom. The van der Waals surface area contributed by atoms with Gasteiger partial charge in [-0.1, -0.05) is 63.2 Å². The number of likely N-dealkylation sites (tertiary alicyclic amines) is 1. The number of ether oxygens (including phenoxy) is 3. The van der Waals surface area contributed by atoms with Gasteiger partial charge in [-0.2, -0.15) is 0 Å². The van der Waals surface area contributed by atoms with Crippen molar-refractivity contribution in [1.29, 1.82) is 0 Å². The lowest BCUT2D eigenvalue weighted by atomic mass is 9.76. The predicted molar refractivity (Wildman–Crippen MR) is 238 cm³/mol. The van der Waals surface area contributed by atoms with Gasteiger partial charge in [-0.25, -0.2) is 4.98 Å². The van der Waals surface area contributed by atoms with E-state index >= 15 is 0 Å². The SMILES string of the molecule is Cc1ncsc1-c1ccc([C@H](C)NC(=O)[C@@H]2C[C@@H](O)CN2C(=O)[C@@H](CC(=O)CCOCCOCCOCCNC(=O)CCc2ccc3c(c2)Cc2ccncc2-3)C(C)(C)C)cc1. The molecule has 332 valence electrons. The van der Waals surface area contributed by atoms with Crippen molar-refractivity contribution in [3.63, 3.8) is 0 Å². The lowest BCUT2D eigenvalue weighted by molar-refractivity contribution is -0.146. The van der Waals surface area contributed by atoms with Crippen molar-refractivity contribution in [1.82, 2.24) is 25.5 Å². The third-order valence-corrected chi connectivity index (χ3v) is 12.6. The van der Waals surface area contributed by atoms with Crippen LogP contribution in [-0.4, -0.2) is 108 Å². The van der Waals surface area contributed by atoms with E-state index in [9.17, 15) is 24.3 Å². The average Bonchev–Trinajstić information content (AvgIpc) is 3.97. The molecule has 1 aliphatic heterocycles. The molecule has 0 radical (unpaired) electrons. The Bertz CT molecular complexity index is 2150. The van der Waals surface area contributed by atoms with E-state index in [4.69, 9.17) is 14.2 Å². The third kappa shape index (κ3) is 12.6. The number of aliphatic hydroxyl groups excluding tert-OH is 1. The highest BCUT2D eigenvalue weighted by Gasteiger charge is 2.44. The Kier molecular flexibility index (Phi) is 16.5. The fraction of sp³-hybridized carbons (Fsp3) is 0.500. The van der Waals surface area contributed by atoms with Gasteiger partial charge in [0.25, 0.3) is 0 Å². The first kappa shape index (κ1) is 46.6. The smallest absolute Gasteiger partial charge is 0.243 e. The van der Waals surface area contributed by atoms with E-state index in [1.165, 1.54) is 27.2 Å². The first-order valence-electron chi connectivity index (χ1n) is 21.6. The highest BCUT2D eigenvalue weighted by atomic mass is 32.1. The summed E-state index contributed by atoms with van der Waals surface area (Å²) < 4.78 is 16.8. The van der Waals surface area contributed by atoms with Crippen LogP contribution in [0.1, 0.15) is 87.4 Å². The molecule has 14 heteroatoms. The fourth-order valence-corrected chi connectivity index (χ4v) is 8.88. The van der Waals surface area contributed by atoms with Gasteiger partial charge in [0.05, 0.1) is 67.9 Å². The number of rotatable bonds is 22. The molecule has 1 aliphatic carbocycles. The lowest BCUT2D eigenvalue weighted by Gasteiger charge is -2.35. The van der Waals surface area contributed by atoms with Gasteiger partial charge in [0.1, 0.15) is 11.8 Å². The molecule has 0 spiro atoms. The molecule has 2 aliphatic rings. The second-order valence-electron chi connectivity index (χ2n) is 17.3. The van der Waals surface area contributed by atoms with Crippen LogP contribution in [0, 0.1) is 18.3 Å². The summed E-state index contributed by atoms with van der Waals surface area (Å²) in [6.07, 6.45) is 5.16. The average molecular weight is 868 g/mol. The molecule has 62 heavy (non-hydrogen) atoms. The standard InChI is InChI=1S/C48H61N5O8S/c1-31(34-8-10-35(11-9-34)45-32(2)51-30-62-45)52-46(57)43-27-39(55)29-53(43)47(58)42(48(3,4)5)26-38(54)15-18-59-20-22-61-23-21-60-19-17-50-44(56)13-7-33-6-12-40-37(24-33)25-36-14-16-49-28-41(36)40/h6,8-12,14,16,24,28,30-31,39,42-43,55H,7,13,15,17-23,25-27,29H2,1-5H3,(H,50,56)(H,52,57)/t31-,39+,42+,43-/m0/s1. The summed E-state index contributed by atoms with van der Waals surface area (Å²) in [7, 11) is 0. The number of fused-ring (bicyclic) bond motifs is 3. The zero-order valence-corrected chi connectivity index (χ0v) is 37.4. The molecule has 6 rings (SSSR count). The first-order valence-corrected chi connectivity index (χ1v) is 22.5. The number of thiazole rings is 1. The molecule has 0 bridgehead atoms. The van der Waals surface area contributed by atoms with Crippen LogP contribution in [-0.2, 0) is 46.2 Å². The number of Topliss-reactive ketones (excluding diaryl/α,β-unsaturated/α-hetero) is 1. The third-order valence-electron chi connectivity index (χ3n) is 11.6. The summed E-state index contributed by atoms with van der Waals surface area (Å²) in [4.78, 5) is 64.3. The van der Waals surface area contributed by atoms with Gasteiger partial charge in [-0.3, -0.25) is 24.2 Å². The molecule has 3 amide bonds. The summed E-state index contributed by atoms with van der Waals surface area (Å²) in [6.45, 7) is 12.0. The van der Waals surface area contributed by atoms with Gasteiger partial charge in [-0.15, -0.1) is 11.3 Å². The van der Waals surface area contributed by atoms with Crippen molar-refractivity contribution in [2.45, 2.75) is 91.3 Å². The second kappa shape index (κ2) is 22.0. The number of amides is 3. The number of nitrogens with one attached hydrogen (secondary N) is 2. The molecular formula is C48H61N5O8S. The zero-order valence-electron chi connectivity index (χ0n) is 36.6. The highest BCUT2D eigenvalue weighted by molar-refractivity contribution is 7.13. The van der Waals surface area contributed by atoms with E-state index in [1.54, 1.807) is 11.3 Å². The number of aryl methyl sites for hydroxylation is 2. The van der Waals surface area contributed by atoms with Crippen molar-refractivity contribution >= 4 is 34.8 Å². The Morgan fingerprint density at radius 2 is 1.65 bits per heavy atom. The number of aliphatic hydroxyl groups is 1. The zero-order chi connectivity index (χ0) is 44.2. The maximum Gasteiger partial charge on any atom is 0.243 e. The molecular weight excluding hydrogens is 807 g/mol. The Balaban J connectivity index is 0.820. The first-order chi connectivity index (χ1) is 29.8. The molecule has 1 fully saturated rings. The van der Waals surface area contributed by atoms with E-state index in [0.29, 0.717) is 52.4 Å². The number of benzene rings is 2. The van der Waals surface area contributed by atoms with Gasteiger partial charge in [0.2, 0.25) is 17.7 Å². The number of hydrogen-bond acceptors (Lipinski definition) is 11. The quantitative estimate of drug-likeness (QED) is 0.0699. The number of pyridine rings is 1. The molecule has 3 heterocycles. The van der Waals surface area contributed by atoms with Gasteiger partial charge in [0.15, 0.2) is 0 Å². The summed E-state index contributed by atoms with van der Waals surface area (Å²) in [5.74, 6) is -1.45. The Labute approximate surface area is 369 Å². The number of ketones is 1. The summed E-state index contributed by atoms with van der Waals surface area (Å²) in [5, 5.41) is 16.6. The monoisotopic (exact) mass is 867 g/mol. The molecule has 4 atom stereocenters. The van der Waals surface area contributed by atoms with E-state index in [1.807, 2.05) is 76.8 Å². The van der Waals surface area contributed by atoms with Crippen LogP contribution < -0.4 is 10.6 Å². The summed E-state index contributed by atoms with van der Waals surface area (Å²) in [6, 6.07) is 15.3. The van der Waals surface area contributed by atoms with Crippen molar-refractivity contribution in [3.8, 4) is 21.6 Å². The molecule has 1 saturated heterocycles. The van der Waals surface area contributed by atoms with E-state index in [-0.39, 0.29) is 62.0 Å². The number of carbonyl (C=O) groups is 4. The van der Waals surface area contributed by atoms with Crippen molar-refractivity contribution < 1.29 is 38.5 Å². The topological polar surface area (TPSA) is 169 Å². The molecule has 0 unspecified atom stereocenters. The van der Waals surface area contributed by atoms with E-state index < -0.39 is 23.5 Å². The van der Waals surface area contributed by atoms with Gasteiger partial charge in [-0.05, 0) is 71.6 Å². The van der Waals surface area contributed by atoms with Crippen LogP contribution in [0.25, 0.3) is 21.6 Å². The molecule has 13 nitrogen and oxygen atoms in total. The fourth-order valence-electron chi connectivity index (χ4n) is 8.07. The molecule has 4 aromatic rings. The van der Waals surface area contributed by atoms with Crippen LogP contribution in [0.3, 0.4) is 0 Å². The number of nitrogens with zero attached hydrogens (tertiary/aromatic N) is 3. The van der Waals surface area contributed by atoms with Crippen molar-refractivity contribution in [2.75, 3.05) is 52.7 Å². The molecule has 3 N–H and O–H groups in total.